The third-order valence-electron chi connectivity index (χ3n) is 6.60. The van der Waals surface area contributed by atoms with Crippen molar-refractivity contribution < 1.29 is 76.6 Å². The van der Waals surface area contributed by atoms with E-state index in [-0.39, 0.29) is 0 Å². The van der Waals surface area contributed by atoms with Crippen molar-refractivity contribution in [3.8, 4) is 0 Å². The molecule has 0 aromatic carbocycles. The lowest BCUT2D eigenvalue weighted by atomic mass is 9.87. The number of hydrogen-bond donors (Lipinski definition) is 8. The van der Waals surface area contributed by atoms with Crippen molar-refractivity contribution in [1.29, 1.82) is 0 Å². The first-order valence-electron chi connectivity index (χ1n) is 12.4. The number of carbonyl (C=O) groups is 1. The van der Waals surface area contributed by atoms with E-state index in [0.717, 1.165) is 36.8 Å². The molecule has 3 heterocycles. The minimum absolute atomic E-state index is 0.722. The van der Waals surface area contributed by atoms with Gasteiger partial charge in [-0.15, -0.1) is 0 Å². The molecule has 2 aliphatic heterocycles. The molecule has 1 aromatic rings. The molecule has 0 spiro atoms. The summed E-state index contributed by atoms with van der Waals surface area (Å²) < 4.78 is 57.4. The second kappa shape index (κ2) is 13.5. The number of aliphatic hydroxyl groups excluding tert-OH is 4. The highest BCUT2D eigenvalue weighted by Gasteiger charge is 2.61. The molecule has 3 rings (SSSR count). The zero-order valence-electron chi connectivity index (χ0n) is 22.8. The molecule has 1 aromatic heterocycles. The van der Waals surface area contributed by atoms with Crippen molar-refractivity contribution in [1.82, 2.24) is 9.55 Å². The monoisotopic (exact) mass is 696 g/mol. The molecule has 19 nitrogen and oxygen atoms in total. The Hall–Kier alpha value is -1.78. The maximum absolute atomic E-state index is 14.1. The van der Waals surface area contributed by atoms with Gasteiger partial charge in [-0.3, -0.25) is 23.7 Å². The zero-order valence-corrected chi connectivity index (χ0v) is 25.4. The summed E-state index contributed by atoms with van der Waals surface area (Å²) in [6.45, 7) is -1.67. The Labute approximate surface area is 251 Å². The molecule has 250 valence electrons. The fourth-order valence-electron chi connectivity index (χ4n) is 4.44. The Kier molecular flexibility index (Phi) is 11.3. The maximum atomic E-state index is 14.1. The summed E-state index contributed by atoms with van der Waals surface area (Å²) in [6, 6.07) is 0.925. The lowest BCUT2D eigenvalue weighted by Gasteiger charge is -2.42. The van der Waals surface area contributed by atoms with E-state index < -0.39 is 105 Å². The first-order valence-corrected chi connectivity index (χ1v) is 16.5. The van der Waals surface area contributed by atoms with Crippen molar-refractivity contribution >= 4 is 32.3 Å². The van der Waals surface area contributed by atoms with Gasteiger partial charge in [0.1, 0.15) is 30.0 Å². The second-order valence-corrected chi connectivity index (χ2v) is 14.3. The maximum Gasteiger partial charge on any atom is 0.481 e. The summed E-state index contributed by atoms with van der Waals surface area (Å²) in [4.78, 5) is 58.0. The molecule has 44 heavy (non-hydrogen) atoms. The summed E-state index contributed by atoms with van der Waals surface area (Å²) >= 11 is 4.74. The van der Waals surface area contributed by atoms with Crippen LogP contribution in [0.2, 0.25) is 0 Å². The first kappa shape index (κ1) is 36.7. The Morgan fingerprint density at radius 1 is 1.32 bits per heavy atom. The summed E-state index contributed by atoms with van der Waals surface area (Å²) in [5, 5.41) is 51.5. The molecule has 2 aliphatic rings. The van der Waals surface area contributed by atoms with Crippen LogP contribution in [0.15, 0.2) is 34.5 Å². The SMILES string of the molecule is C=C[C@]1(O)[C@H](n2ccc(=O)[nH]c2=O)O[C@](C)(COP(O)(=S)OP(=O)(O)OC2OC([C@@H](F)CO)C(O)C(O)C2OC(C)=O)[C@H]1O. The highest BCUT2D eigenvalue weighted by Crippen LogP contribution is 2.62. The number of aromatic nitrogens is 2. The van der Waals surface area contributed by atoms with Crippen LogP contribution in [0.5, 0.6) is 0 Å². The minimum atomic E-state index is -5.65. The predicted molar refractivity (Wildman–Crippen MR) is 144 cm³/mol. The van der Waals surface area contributed by atoms with E-state index in [1.54, 1.807) is 0 Å². The number of aromatic amines is 1. The summed E-state index contributed by atoms with van der Waals surface area (Å²) in [7, 11) is -5.65. The van der Waals surface area contributed by atoms with Gasteiger partial charge in [0.25, 0.3) is 5.56 Å². The number of carbonyl (C=O) groups excluding carboxylic acids is 1. The number of ether oxygens (including phenoxy) is 3. The average Bonchev–Trinajstić information content (AvgIpc) is 3.12. The van der Waals surface area contributed by atoms with Gasteiger partial charge in [0.2, 0.25) is 6.29 Å². The number of phosphoric acid groups is 1. The molecule has 0 saturated carbocycles. The van der Waals surface area contributed by atoms with Gasteiger partial charge in [-0.05, 0) is 18.7 Å². The van der Waals surface area contributed by atoms with E-state index in [0.29, 0.717) is 0 Å². The third-order valence-corrected chi connectivity index (χ3v) is 10.1. The molecule has 23 heteroatoms. The molecule has 12 atom stereocenters. The van der Waals surface area contributed by atoms with E-state index in [9.17, 15) is 53.6 Å². The van der Waals surface area contributed by atoms with Crippen molar-refractivity contribution in [3.05, 3.63) is 45.8 Å². The second-order valence-electron chi connectivity index (χ2n) is 9.91. The number of phosphoric ester groups is 1. The summed E-state index contributed by atoms with van der Waals surface area (Å²) in [5.41, 5.74) is -6.25. The molecule has 2 fully saturated rings. The van der Waals surface area contributed by atoms with Crippen LogP contribution in [0.1, 0.15) is 20.1 Å². The molecular formula is C21H31FN2O17P2S. The number of esters is 1. The number of alkyl halides is 1. The quantitative estimate of drug-likeness (QED) is 0.0621. The molecule has 8 N–H and O–H groups in total. The van der Waals surface area contributed by atoms with E-state index in [1.807, 2.05) is 4.98 Å². The molecule has 7 unspecified atom stereocenters. The topological polar surface area (TPSA) is 286 Å². The van der Waals surface area contributed by atoms with Crippen LogP contribution >= 0.6 is 14.5 Å². The van der Waals surface area contributed by atoms with E-state index in [2.05, 4.69) is 10.9 Å². The average molecular weight is 696 g/mol. The number of hydrogen-bond acceptors (Lipinski definition) is 16. The Bertz CT molecular complexity index is 1450. The van der Waals surface area contributed by atoms with E-state index in [1.165, 1.54) is 0 Å². The van der Waals surface area contributed by atoms with Crippen molar-refractivity contribution in [2.45, 2.75) is 74.3 Å². The van der Waals surface area contributed by atoms with Gasteiger partial charge in [0.05, 0.1) is 13.2 Å². The van der Waals surface area contributed by atoms with Crippen LogP contribution < -0.4 is 11.2 Å². The largest absolute Gasteiger partial charge is 0.481 e. The Balaban J connectivity index is 1.78. The number of rotatable bonds is 12. The standard InChI is InChI=1S/C21H31FN2O17P2S/c1-4-21(32)17(30)20(3,39-18(21)24-6-5-11(27)23-19(24)31)8-36-43(35,44)41-42(33,34)40-16-15(37-9(2)26)13(29)12(28)14(38-16)10(22)7-25/h4-6,10,12-18,25,28-30,32H,1,7-8H2,2-3H3,(H,33,34)(H,35,44)(H,23,27,31)/t10-,12?,13?,14?,15?,16?,17+,18+,20+,21+,43?/m0/s1. The van der Waals surface area contributed by atoms with Gasteiger partial charge in [-0.25, -0.2) is 18.1 Å². The molecular weight excluding hydrogens is 665 g/mol. The first-order chi connectivity index (χ1) is 20.2. The predicted octanol–water partition coefficient (Wildman–Crippen LogP) is -2.82. The molecule has 0 aliphatic carbocycles. The van der Waals surface area contributed by atoms with Gasteiger partial charge < -0.3 is 54.1 Å². The van der Waals surface area contributed by atoms with Crippen LogP contribution in [0.3, 0.4) is 0 Å². The Morgan fingerprint density at radius 2 is 1.95 bits per heavy atom. The fourth-order valence-corrected chi connectivity index (χ4v) is 7.59. The summed E-state index contributed by atoms with van der Waals surface area (Å²) in [5.74, 6) is -1.09. The fraction of sp³-hybridized carbons (Fsp3) is 0.667. The number of halogens is 1. The van der Waals surface area contributed by atoms with Crippen LogP contribution in [0.25, 0.3) is 0 Å². The number of nitrogens with one attached hydrogen (secondary N) is 1. The minimum Gasteiger partial charge on any atom is -0.454 e. The van der Waals surface area contributed by atoms with Crippen LogP contribution in [0, 0.1) is 0 Å². The van der Waals surface area contributed by atoms with Crippen LogP contribution in [-0.4, -0.2) is 118 Å². The lowest BCUT2D eigenvalue weighted by molar-refractivity contribution is -0.291. The van der Waals surface area contributed by atoms with E-state index in [4.69, 9.17) is 40.2 Å². The van der Waals surface area contributed by atoms with Crippen molar-refractivity contribution in [3.63, 3.8) is 0 Å². The van der Waals surface area contributed by atoms with Crippen molar-refractivity contribution in [2.24, 2.45) is 0 Å². The Morgan fingerprint density at radius 3 is 2.50 bits per heavy atom. The smallest absolute Gasteiger partial charge is 0.454 e. The highest BCUT2D eigenvalue weighted by atomic mass is 32.5. The number of nitrogens with zero attached hydrogens (tertiary/aromatic N) is 1. The molecule has 0 amide bonds. The molecule has 2 saturated heterocycles. The van der Waals surface area contributed by atoms with Gasteiger partial charge in [-0.2, -0.15) is 0 Å². The van der Waals surface area contributed by atoms with Gasteiger partial charge in [-0.1, -0.05) is 12.7 Å². The van der Waals surface area contributed by atoms with Crippen LogP contribution in [-0.2, 0) is 48.7 Å². The third kappa shape index (κ3) is 7.77. The summed E-state index contributed by atoms with van der Waals surface area (Å²) in [6.07, 6.45) is -14.9. The number of aliphatic hydroxyl groups is 5. The highest BCUT2D eigenvalue weighted by molar-refractivity contribution is 8.08. The van der Waals surface area contributed by atoms with Gasteiger partial charge in [0, 0.05) is 19.2 Å². The van der Waals surface area contributed by atoms with Crippen molar-refractivity contribution in [2.75, 3.05) is 13.2 Å². The van der Waals surface area contributed by atoms with E-state index >= 15 is 0 Å². The number of H-pyrrole nitrogens is 1. The molecule has 0 bridgehead atoms. The zero-order chi connectivity index (χ0) is 33.4. The normalized spacial score (nSPS) is 37.5. The lowest BCUT2D eigenvalue weighted by Crippen LogP contribution is -2.61. The van der Waals surface area contributed by atoms with Gasteiger partial charge in [0.15, 0.2) is 24.1 Å². The van der Waals surface area contributed by atoms with Gasteiger partial charge >= 0.3 is 26.2 Å². The van der Waals surface area contributed by atoms with Crippen LogP contribution in [0.4, 0.5) is 4.39 Å². The molecule has 0 radical (unpaired) electrons.